The predicted molar refractivity (Wildman–Crippen MR) is 145 cm³/mol. The number of carbonyl (C=O) groups excluding carboxylic acids is 1. The van der Waals surface area contributed by atoms with Crippen LogP contribution in [0.5, 0.6) is 5.75 Å². The van der Waals surface area contributed by atoms with Gasteiger partial charge in [-0.3, -0.25) is 9.79 Å². The number of amides is 1. The number of ether oxygens (including phenoxy) is 1. The van der Waals surface area contributed by atoms with Crippen LogP contribution in [-0.2, 0) is 11.2 Å². The number of H-pyrrole nitrogens is 1. The first-order chi connectivity index (χ1) is 15.7. The quantitative estimate of drug-likeness (QED) is 0.168. The van der Waals surface area contributed by atoms with Crippen molar-refractivity contribution in [1.82, 2.24) is 15.6 Å². The van der Waals surface area contributed by atoms with Gasteiger partial charge >= 0.3 is 0 Å². The van der Waals surface area contributed by atoms with E-state index in [9.17, 15) is 4.79 Å². The van der Waals surface area contributed by atoms with Crippen molar-refractivity contribution in [2.75, 3.05) is 37.7 Å². The molecule has 33 heavy (non-hydrogen) atoms. The maximum atomic E-state index is 12.3. The summed E-state index contributed by atoms with van der Waals surface area (Å²) >= 11 is 0. The van der Waals surface area contributed by atoms with Gasteiger partial charge in [-0.2, -0.15) is 0 Å². The molecule has 3 aromatic rings. The molecule has 1 aromatic heterocycles. The second kappa shape index (κ2) is 11.9. The Morgan fingerprint density at radius 3 is 2.88 bits per heavy atom. The highest BCUT2D eigenvalue weighted by Gasteiger charge is 2.24. The minimum Gasteiger partial charge on any atom is -0.482 e. The van der Waals surface area contributed by atoms with Gasteiger partial charge in [-0.1, -0.05) is 30.3 Å². The van der Waals surface area contributed by atoms with Crippen LogP contribution in [0.25, 0.3) is 10.9 Å². The van der Waals surface area contributed by atoms with Gasteiger partial charge in [0.15, 0.2) is 12.6 Å². The molecule has 1 amide bonds. The van der Waals surface area contributed by atoms with Gasteiger partial charge in [0.2, 0.25) is 0 Å². The summed E-state index contributed by atoms with van der Waals surface area (Å²) in [6.45, 7) is 7.13. The van der Waals surface area contributed by atoms with Crippen molar-refractivity contribution in [2.24, 2.45) is 4.99 Å². The third-order valence-electron chi connectivity index (χ3n) is 5.66. The lowest BCUT2D eigenvalue weighted by atomic mass is 10.1. The van der Waals surface area contributed by atoms with E-state index in [-0.39, 0.29) is 36.5 Å². The van der Waals surface area contributed by atoms with Gasteiger partial charge in [0, 0.05) is 43.3 Å². The first-order valence-corrected chi connectivity index (χ1v) is 11.3. The average Bonchev–Trinajstić information content (AvgIpc) is 3.22. The maximum Gasteiger partial charge on any atom is 0.265 e. The lowest BCUT2D eigenvalue weighted by Gasteiger charge is -2.29. The molecule has 0 spiro atoms. The van der Waals surface area contributed by atoms with E-state index in [1.807, 2.05) is 24.3 Å². The second-order valence-electron chi connectivity index (χ2n) is 7.90. The van der Waals surface area contributed by atoms with E-state index in [2.05, 4.69) is 53.9 Å². The summed E-state index contributed by atoms with van der Waals surface area (Å²) in [4.78, 5) is 22.2. The van der Waals surface area contributed by atoms with Gasteiger partial charge in [-0.25, -0.2) is 0 Å². The fourth-order valence-corrected chi connectivity index (χ4v) is 4.05. The molecule has 0 fully saturated rings. The summed E-state index contributed by atoms with van der Waals surface area (Å²) in [7, 11) is 0. The number of rotatable bonds is 8. The Kier molecular flexibility index (Phi) is 8.99. The summed E-state index contributed by atoms with van der Waals surface area (Å²) in [5.41, 5.74) is 4.61. The minimum atomic E-state index is -0.00771. The van der Waals surface area contributed by atoms with E-state index < -0.39 is 0 Å². The van der Waals surface area contributed by atoms with Crippen LogP contribution in [0.2, 0.25) is 0 Å². The van der Waals surface area contributed by atoms with Crippen LogP contribution in [0.4, 0.5) is 5.69 Å². The SMILES string of the molecule is CCNC(=NCCCN1C(=O)COc2ccccc21)NCCc1c[nH]c2c(C)cccc12.I. The first-order valence-electron chi connectivity index (χ1n) is 11.3. The number of hydrogen-bond donors (Lipinski definition) is 3. The third kappa shape index (κ3) is 5.98. The number of para-hydroxylation sites is 3. The van der Waals surface area contributed by atoms with Gasteiger partial charge in [-0.15, -0.1) is 24.0 Å². The Balaban J connectivity index is 0.00000306. The zero-order chi connectivity index (χ0) is 22.3. The summed E-state index contributed by atoms with van der Waals surface area (Å²) < 4.78 is 5.51. The van der Waals surface area contributed by atoms with Crippen molar-refractivity contribution in [3.63, 3.8) is 0 Å². The smallest absolute Gasteiger partial charge is 0.265 e. The van der Waals surface area contributed by atoms with Crippen molar-refractivity contribution in [2.45, 2.75) is 26.7 Å². The Bertz CT molecular complexity index is 1110. The molecular formula is C25H32IN5O2. The lowest BCUT2D eigenvalue weighted by Crippen LogP contribution is -2.40. The van der Waals surface area contributed by atoms with E-state index in [1.54, 1.807) is 4.90 Å². The molecule has 8 heteroatoms. The van der Waals surface area contributed by atoms with E-state index in [4.69, 9.17) is 9.73 Å². The number of aromatic nitrogens is 1. The number of aryl methyl sites for hydroxylation is 1. The van der Waals surface area contributed by atoms with Crippen LogP contribution in [0.3, 0.4) is 0 Å². The minimum absolute atomic E-state index is 0. The summed E-state index contributed by atoms with van der Waals surface area (Å²) in [6.07, 6.45) is 3.78. The number of guanidine groups is 1. The van der Waals surface area contributed by atoms with Crippen LogP contribution in [0, 0.1) is 6.92 Å². The lowest BCUT2D eigenvalue weighted by molar-refractivity contribution is -0.121. The van der Waals surface area contributed by atoms with Crippen molar-refractivity contribution in [1.29, 1.82) is 0 Å². The van der Waals surface area contributed by atoms with Crippen LogP contribution in [-0.4, -0.2) is 49.6 Å². The fourth-order valence-electron chi connectivity index (χ4n) is 4.05. The summed E-state index contributed by atoms with van der Waals surface area (Å²) in [5, 5.41) is 8.01. The number of nitrogens with one attached hydrogen (secondary N) is 3. The molecule has 4 rings (SSSR count). The molecule has 0 unspecified atom stereocenters. The first kappa shape index (κ1) is 24.9. The van der Waals surface area contributed by atoms with Crippen molar-refractivity contribution < 1.29 is 9.53 Å². The van der Waals surface area contributed by atoms with Gasteiger partial charge in [0.25, 0.3) is 5.91 Å². The average molecular weight is 561 g/mol. The molecule has 1 aliphatic heterocycles. The number of benzene rings is 2. The fraction of sp³-hybridized carbons (Fsp3) is 0.360. The number of fused-ring (bicyclic) bond motifs is 2. The molecule has 3 N–H and O–H groups in total. The van der Waals surface area contributed by atoms with Crippen molar-refractivity contribution in [3.8, 4) is 5.75 Å². The molecule has 2 heterocycles. The van der Waals surface area contributed by atoms with Gasteiger partial charge in [0.1, 0.15) is 5.75 Å². The number of aromatic amines is 1. The standard InChI is InChI=1S/C25H31N5O2.HI/c1-3-26-25(28-14-12-19-16-29-24-18(2)8-6-9-20(19)24)27-13-7-15-30-21-10-4-5-11-22(21)32-17-23(30)31;/h4-6,8-11,16,29H,3,7,12-15,17H2,1-2H3,(H2,26,27,28);1H. The van der Waals surface area contributed by atoms with Crippen molar-refractivity contribution in [3.05, 3.63) is 59.8 Å². The Labute approximate surface area is 212 Å². The largest absolute Gasteiger partial charge is 0.482 e. The monoisotopic (exact) mass is 561 g/mol. The summed E-state index contributed by atoms with van der Waals surface area (Å²) in [6, 6.07) is 14.1. The molecule has 1 aliphatic rings. The molecule has 0 radical (unpaired) electrons. The number of carbonyl (C=O) groups is 1. The molecule has 0 bridgehead atoms. The van der Waals surface area contributed by atoms with E-state index in [1.165, 1.54) is 22.0 Å². The number of aliphatic imine (C=N–C) groups is 1. The topological polar surface area (TPSA) is 81.8 Å². The van der Waals surface area contributed by atoms with Crippen LogP contribution < -0.4 is 20.3 Å². The zero-order valence-electron chi connectivity index (χ0n) is 19.2. The molecule has 2 aromatic carbocycles. The van der Waals surface area contributed by atoms with E-state index in [0.717, 1.165) is 43.3 Å². The summed E-state index contributed by atoms with van der Waals surface area (Å²) in [5.74, 6) is 1.56. The Hall–Kier alpha value is -2.75. The van der Waals surface area contributed by atoms with Crippen molar-refractivity contribution >= 4 is 52.4 Å². The number of halogens is 1. The van der Waals surface area contributed by atoms with Crippen LogP contribution >= 0.6 is 24.0 Å². The van der Waals surface area contributed by atoms with Crippen LogP contribution in [0.15, 0.2) is 53.7 Å². The van der Waals surface area contributed by atoms with E-state index >= 15 is 0 Å². The Morgan fingerprint density at radius 2 is 2.03 bits per heavy atom. The predicted octanol–water partition coefficient (Wildman–Crippen LogP) is 4.01. The number of hydrogen-bond acceptors (Lipinski definition) is 3. The molecule has 0 saturated carbocycles. The molecule has 0 saturated heterocycles. The zero-order valence-corrected chi connectivity index (χ0v) is 21.5. The Morgan fingerprint density at radius 1 is 1.18 bits per heavy atom. The van der Waals surface area contributed by atoms with Gasteiger partial charge in [0.05, 0.1) is 5.69 Å². The molecule has 0 aliphatic carbocycles. The molecular weight excluding hydrogens is 529 g/mol. The highest BCUT2D eigenvalue weighted by Crippen LogP contribution is 2.31. The molecule has 176 valence electrons. The normalized spacial score (nSPS) is 13.3. The van der Waals surface area contributed by atoms with E-state index in [0.29, 0.717) is 13.1 Å². The number of nitrogens with zero attached hydrogens (tertiary/aromatic N) is 2. The maximum absolute atomic E-state index is 12.3. The third-order valence-corrected chi connectivity index (χ3v) is 5.66. The highest BCUT2D eigenvalue weighted by atomic mass is 127. The highest BCUT2D eigenvalue weighted by molar-refractivity contribution is 14.0. The second-order valence-corrected chi connectivity index (χ2v) is 7.90. The van der Waals surface area contributed by atoms with Crippen LogP contribution in [0.1, 0.15) is 24.5 Å². The number of anilines is 1. The van der Waals surface area contributed by atoms with Gasteiger partial charge < -0.3 is 25.3 Å². The van der Waals surface area contributed by atoms with Gasteiger partial charge in [-0.05, 0) is 49.9 Å². The molecule has 0 atom stereocenters. The molecule has 7 nitrogen and oxygen atoms in total.